The second-order valence-electron chi connectivity index (χ2n) is 4.28. The molecular weight excluding hydrogens is 252 g/mol. The van der Waals surface area contributed by atoms with Gasteiger partial charge in [0, 0.05) is 26.7 Å². The average molecular weight is 269 g/mol. The molecule has 0 aliphatic rings. The molecule has 1 N–H and O–H groups in total. The van der Waals surface area contributed by atoms with E-state index in [0.29, 0.717) is 11.4 Å². The van der Waals surface area contributed by atoms with Gasteiger partial charge in [0.25, 0.3) is 0 Å². The fourth-order valence-electron chi connectivity index (χ4n) is 2.04. The highest BCUT2D eigenvalue weighted by molar-refractivity contribution is 6.31. The van der Waals surface area contributed by atoms with Gasteiger partial charge in [-0.3, -0.25) is 9.36 Å². The normalized spacial score (nSPS) is 12.9. The summed E-state index contributed by atoms with van der Waals surface area (Å²) in [5, 5.41) is 19.3. The van der Waals surface area contributed by atoms with Crippen molar-refractivity contribution in [2.24, 2.45) is 14.1 Å². The SMILES string of the molecule is CCc1nn(C)c(CC(O)c2ccnn2C)c1Cl. The van der Waals surface area contributed by atoms with Crippen molar-refractivity contribution in [1.82, 2.24) is 19.6 Å². The van der Waals surface area contributed by atoms with Crippen LogP contribution in [0.3, 0.4) is 0 Å². The highest BCUT2D eigenvalue weighted by atomic mass is 35.5. The van der Waals surface area contributed by atoms with E-state index in [0.717, 1.165) is 23.5 Å². The van der Waals surface area contributed by atoms with Gasteiger partial charge in [-0.2, -0.15) is 10.2 Å². The lowest BCUT2D eigenvalue weighted by atomic mass is 10.1. The van der Waals surface area contributed by atoms with Crippen LogP contribution in [0.25, 0.3) is 0 Å². The standard InChI is InChI=1S/C12H17ClN4O/c1-4-8-12(13)10(17(3)15-8)7-11(18)9-5-6-14-16(9)2/h5-6,11,18H,4,7H2,1-3H3. The maximum Gasteiger partial charge on any atom is 0.101 e. The predicted molar refractivity (Wildman–Crippen MR) is 69.5 cm³/mol. The number of nitrogens with zero attached hydrogens (tertiary/aromatic N) is 4. The first-order valence-electron chi connectivity index (χ1n) is 5.90. The first kappa shape index (κ1) is 13.1. The minimum absolute atomic E-state index is 0.432. The van der Waals surface area contributed by atoms with Crippen LogP contribution in [0, 0.1) is 0 Å². The summed E-state index contributed by atoms with van der Waals surface area (Å²) >= 11 is 6.26. The molecule has 0 spiro atoms. The molecule has 0 saturated carbocycles. The van der Waals surface area contributed by atoms with E-state index >= 15 is 0 Å². The molecule has 0 amide bonds. The molecule has 0 radical (unpaired) electrons. The summed E-state index contributed by atoms with van der Waals surface area (Å²) in [7, 11) is 3.65. The number of hydrogen-bond acceptors (Lipinski definition) is 3. The zero-order valence-electron chi connectivity index (χ0n) is 10.8. The summed E-state index contributed by atoms with van der Waals surface area (Å²) in [4.78, 5) is 0. The summed E-state index contributed by atoms with van der Waals surface area (Å²) in [6, 6.07) is 1.80. The molecule has 0 fully saturated rings. The number of aliphatic hydroxyl groups is 1. The molecule has 6 heteroatoms. The molecule has 0 aliphatic carbocycles. The maximum atomic E-state index is 10.2. The van der Waals surface area contributed by atoms with Crippen molar-refractivity contribution >= 4 is 11.6 Å². The maximum absolute atomic E-state index is 10.2. The Morgan fingerprint density at radius 2 is 2.11 bits per heavy atom. The highest BCUT2D eigenvalue weighted by Crippen LogP contribution is 2.25. The average Bonchev–Trinajstić information content (AvgIpc) is 2.87. The third kappa shape index (κ3) is 2.28. The fourth-order valence-corrected chi connectivity index (χ4v) is 2.41. The molecule has 18 heavy (non-hydrogen) atoms. The fraction of sp³-hybridized carbons (Fsp3) is 0.500. The Balaban J connectivity index is 2.24. The van der Waals surface area contributed by atoms with Gasteiger partial charge < -0.3 is 5.11 Å². The van der Waals surface area contributed by atoms with E-state index < -0.39 is 6.10 Å². The number of hydrogen-bond donors (Lipinski definition) is 1. The van der Waals surface area contributed by atoms with Crippen molar-refractivity contribution < 1.29 is 5.11 Å². The van der Waals surface area contributed by atoms with Gasteiger partial charge in [0.05, 0.1) is 22.1 Å². The van der Waals surface area contributed by atoms with Gasteiger partial charge in [-0.05, 0) is 12.5 Å². The van der Waals surface area contributed by atoms with Crippen LogP contribution in [0.1, 0.15) is 30.1 Å². The molecule has 5 nitrogen and oxygen atoms in total. The molecule has 1 atom stereocenters. The lowest BCUT2D eigenvalue weighted by molar-refractivity contribution is 0.166. The Morgan fingerprint density at radius 3 is 2.61 bits per heavy atom. The zero-order chi connectivity index (χ0) is 13.3. The molecule has 0 bridgehead atoms. The van der Waals surface area contributed by atoms with Gasteiger partial charge in [0.1, 0.15) is 6.10 Å². The van der Waals surface area contributed by atoms with Crippen LogP contribution in [0.5, 0.6) is 0 Å². The molecule has 2 rings (SSSR count). The van der Waals surface area contributed by atoms with E-state index in [4.69, 9.17) is 11.6 Å². The summed E-state index contributed by atoms with van der Waals surface area (Å²) in [5.74, 6) is 0. The highest BCUT2D eigenvalue weighted by Gasteiger charge is 2.19. The van der Waals surface area contributed by atoms with E-state index in [1.807, 2.05) is 14.0 Å². The van der Waals surface area contributed by atoms with Gasteiger partial charge >= 0.3 is 0 Å². The molecule has 2 heterocycles. The minimum Gasteiger partial charge on any atom is -0.386 e. The van der Waals surface area contributed by atoms with E-state index in [9.17, 15) is 5.11 Å². The molecule has 2 aromatic rings. The smallest absolute Gasteiger partial charge is 0.101 e. The van der Waals surface area contributed by atoms with Gasteiger partial charge in [0.2, 0.25) is 0 Å². The van der Waals surface area contributed by atoms with Crippen LogP contribution >= 0.6 is 11.6 Å². The summed E-state index contributed by atoms with van der Waals surface area (Å²) in [5.41, 5.74) is 2.49. The Labute approximate surface area is 111 Å². The van der Waals surface area contributed by atoms with Crippen LogP contribution in [0.2, 0.25) is 5.02 Å². The minimum atomic E-state index is -0.630. The van der Waals surface area contributed by atoms with Gasteiger partial charge in [-0.25, -0.2) is 0 Å². The van der Waals surface area contributed by atoms with Crippen molar-refractivity contribution in [1.29, 1.82) is 0 Å². The van der Waals surface area contributed by atoms with Crippen LogP contribution in [0.15, 0.2) is 12.3 Å². The third-order valence-electron chi connectivity index (χ3n) is 3.09. The summed E-state index contributed by atoms with van der Waals surface area (Å²) < 4.78 is 3.40. The van der Waals surface area contributed by atoms with Crippen LogP contribution in [0.4, 0.5) is 0 Å². The number of halogens is 1. The van der Waals surface area contributed by atoms with Crippen molar-refractivity contribution in [3.05, 3.63) is 34.4 Å². The number of aryl methyl sites for hydroxylation is 3. The Morgan fingerprint density at radius 1 is 1.39 bits per heavy atom. The largest absolute Gasteiger partial charge is 0.386 e. The van der Waals surface area contributed by atoms with Gasteiger partial charge in [-0.1, -0.05) is 18.5 Å². The van der Waals surface area contributed by atoms with Crippen molar-refractivity contribution in [3.8, 4) is 0 Å². The van der Waals surface area contributed by atoms with Crippen molar-refractivity contribution in [2.45, 2.75) is 25.9 Å². The molecule has 0 aliphatic heterocycles. The summed E-state index contributed by atoms with van der Waals surface area (Å²) in [6.45, 7) is 2.01. The lowest BCUT2D eigenvalue weighted by Gasteiger charge is -2.11. The molecule has 1 unspecified atom stereocenters. The third-order valence-corrected chi connectivity index (χ3v) is 3.53. The molecular formula is C12H17ClN4O. The first-order chi connectivity index (χ1) is 8.54. The van der Waals surface area contributed by atoms with E-state index in [1.54, 1.807) is 28.7 Å². The van der Waals surface area contributed by atoms with E-state index in [-0.39, 0.29) is 0 Å². The number of aromatic nitrogens is 4. The Kier molecular flexibility index (Phi) is 3.73. The van der Waals surface area contributed by atoms with Crippen LogP contribution < -0.4 is 0 Å². The van der Waals surface area contributed by atoms with E-state index in [2.05, 4.69) is 10.2 Å². The quantitative estimate of drug-likeness (QED) is 0.917. The van der Waals surface area contributed by atoms with Gasteiger partial charge in [0.15, 0.2) is 0 Å². The van der Waals surface area contributed by atoms with Crippen LogP contribution in [-0.4, -0.2) is 24.7 Å². The first-order valence-corrected chi connectivity index (χ1v) is 6.28. The number of rotatable bonds is 4. The Hall–Kier alpha value is -1.33. The van der Waals surface area contributed by atoms with E-state index in [1.165, 1.54) is 0 Å². The summed E-state index contributed by atoms with van der Waals surface area (Å²) in [6.07, 6.45) is 2.26. The lowest BCUT2D eigenvalue weighted by Crippen LogP contribution is -2.10. The van der Waals surface area contributed by atoms with Crippen molar-refractivity contribution in [3.63, 3.8) is 0 Å². The monoisotopic (exact) mass is 268 g/mol. The molecule has 98 valence electrons. The second kappa shape index (κ2) is 5.12. The zero-order valence-corrected chi connectivity index (χ0v) is 11.5. The van der Waals surface area contributed by atoms with Crippen LogP contribution in [-0.2, 0) is 26.9 Å². The second-order valence-corrected chi connectivity index (χ2v) is 4.66. The van der Waals surface area contributed by atoms with Gasteiger partial charge in [-0.15, -0.1) is 0 Å². The Bertz CT molecular complexity index is 546. The molecule has 2 aromatic heterocycles. The topological polar surface area (TPSA) is 55.9 Å². The molecule has 0 saturated heterocycles. The van der Waals surface area contributed by atoms with Crippen molar-refractivity contribution in [2.75, 3.05) is 0 Å². The molecule has 0 aromatic carbocycles. The predicted octanol–water partition coefficient (Wildman–Crippen LogP) is 1.65. The number of aliphatic hydroxyl groups excluding tert-OH is 1.